The van der Waals surface area contributed by atoms with Crippen LogP contribution < -0.4 is 15.3 Å². The second-order valence-electron chi connectivity index (χ2n) is 5.85. The van der Waals surface area contributed by atoms with Crippen LogP contribution in [0.1, 0.15) is 62.3 Å². The fraction of sp³-hybridized carbons (Fsp3) is 1.00. The Balaban J connectivity index is -0.0000000865. The van der Waals surface area contributed by atoms with E-state index in [1.165, 1.54) is 0 Å². The van der Waals surface area contributed by atoms with Gasteiger partial charge in [-0.05, 0) is 0 Å². The first-order valence-corrected chi connectivity index (χ1v) is 6.90. The van der Waals surface area contributed by atoms with Crippen molar-refractivity contribution in [2.45, 2.75) is 80.6 Å². The molecule has 0 spiro atoms. The van der Waals surface area contributed by atoms with Crippen LogP contribution in [0.25, 0.3) is 0 Å². The Hall–Kier alpha value is 0.412. The first kappa shape index (κ1) is 27.7. The maximum Gasteiger partial charge on any atom is 3.00 e. The normalized spacial score (nSPS) is 14.7. The molecule has 3 unspecified atom stereocenters. The van der Waals surface area contributed by atoms with Crippen molar-refractivity contribution in [3.8, 4) is 0 Å². The molecule has 3 nitrogen and oxygen atoms in total. The summed E-state index contributed by atoms with van der Waals surface area (Å²) in [5, 5.41) is 30.7. The van der Waals surface area contributed by atoms with E-state index in [1.807, 2.05) is 41.5 Å². The molecule has 0 aliphatic rings. The van der Waals surface area contributed by atoms with Crippen molar-refractivity contribution in [3.63, 3.8) is 0 Å². The van der Waals surface area contributed by atoms with Crippen molar-refractivity contribution in [2.75, 3.05) is 0 Å². The van der Waals surface area contributed by atoms with Crippen molar-refractivity contribution in [3.05, 3.63) is 0 Å². The standard InChI is InChI=1S/3C5H11O.Al/c3*1-4(2)5(3)6;/h3*4-5H,1-3H3;/q3*-1;+3. The second kappa shape index (κ2) is 16.5. The van der Waals surface area contributed by atoms with Crippen molar-refractivity contribution in [1.29, 1.82) is 0 Å². The summed E-state index contributed by atoms with van der Waals surface area (Å²) < 4.78 is 0. The Morgan fingerprint density at radius 1 is 0.421 bits per heavy atom. The van der Waals surface area contributed by atoms with Gasteiger partial charge < -0.3 is 15.3 Å². The minimum absolute atomic E-state index is 0. The van der Waals surface area contributed by atoms with E-state index in [1.54, 1.807) is 20.8 Å². The van der Waals surface area contributed by atoms with E-state index in [0.717, 1.165) is 0 Å². The van der Waals surface area contributed by atoms with Gasteiger partial charge in [0.05, 0.1) is 0 Å². The Morgan fingerprint density at radius 3 is 0.474 bits per heavy atom. The summed E-state index contributed by atoms with van der Waals surface area (Å²) in [6.45, 7) is 16.6. The molecule has 0 aliphatic heterocycles. The van der Waals surface area contributed by atoms with Crippen LogP contribution in [0.5, 0.6) is 0 Å². The van der Waals surface area contributed by atoms with Gasteiger partial charge in [0.25, 0.3) is 0 Å². The van der Waals surface area contributed by atoms with Crippen molar-refractivity contribution >= 4 is 17.4 Å². The first-order valence-electron chi connectivity index (χ1n) is 6.90. The zero-order valence-electron chi connectivity index (χ0n) is 14.3. The molecule has 0 heterocycles. The summed E-state index contributed by atoms with van der Waals surface area (Å²) in [5.41, 5.74) is 0. The Kier molecular flexibility index (Phi) is 24.0. The molecule has 114 valence electrons. The van der Waals surface area contributed by atoms with Crippen LogP contribution in [0.4, 0.5) is 0 Å². The van der Waals surface area contributed by atoms with E-state index in [2.05, 4.69) is 0 Å². The summed E-state index contributed by atoms with van der Waals surface area (Å²) in [4.78, 5) is 0. The largest absolute Gasteiger partial charge is 3.00 e. The predicted octanol–water partition coefficient (Wildman–Crippen LogP) is 0.793. The minimum atomic E-state index is -0.398. The number of rotatable bonds is 3. The molecule has 0 amide bonds. The second-order valence-corrected chi connectivity index (χ2v) is 5.85. The average Bonchev–Trinajstić information content (AvgIpc) is 2.18. The molecule has 0 rings (SSSR count). The van der Waals surface area contributed by atoms with Gasteiger partial charge >= 0.3 is 17.4 Å². The summed E-state index contributed by atoms with van der Waals surface area (Å²) in [6.07, 6.45) is -1.19. The Labute approximate surface area is 131 Å². The van der Waals surface area contributed by atoms with Gasteiger partial charge in [0.1, 0.15) is 0 Å². The zero-order valence-corrected chi connectivity index (χ0v) is 15.4. The van der Waals surface area contributed by atoms with Gasteiger partial charge in [-0.15, -0.1) is 18.3 Å². The quantitative estimate of drug-likeness (QED) is 0.721. The Morgan fingerprint density at radius 2 is 0.474 bits per heavy atom. The molecule has 0 bridgehead atoms. The first-order chi connectivity index (χ1) is 7.93. The summed E-state index contributed by atoms with van der Waals surface area (Å²) in [7, 11) is 0. The SMILES string of the molecule is CC(C)C(C)[O-].CC(C)C(C)[O-].CC(C)C(C)[O-].[Al+3]. The van der Waals surface area contributed by atoms with Gasteiger partial charge in [-0.25, -0.2) is 0 Å². The van der Waals surface area contributed by atoms with Crippen molar-refractivity contribution in [2.24, 2.45) is 17.8 Å². The third kappa shape index (κ3) is 32.2. The minimum Gasteiger partial charge on any atom is -0.852 e. The summed E-state index contributed by atoms with van der Waals surface area (Å²) in [5.74, 6) is 0.889. The molecule has 19 heavy (non-hydrogen) atoms. The molecule has 0 aliphatic carbocycles. The smallest absolute Gasteiger partial charge is 0.852 e. The molecule has 0 fully saturated rings. The van der Waals surface area contributed by atoms with Crippen LogP contribution in [0.3, 0.4) is 0 Å². The number of hydrogen-bond donors (Lipinski definition) is 0. The maximum absolute atomic E-state index is 10.2. The predicted molar refractivity (Wildman–Crippen MR) is 78.7 cm³/mol. The van der Waals surface area contributed by atoms with Gasteiger partial charge in [0.15, 0.2) is 0 Å². The van der Waals surface area contributed by atoms with E-state index < -0.39 is 18.3 Å². The molecule has 0 aromatic rings. The molecule has 0 saturated carbocycles. The maximum atomic E-state index is 10.2. The van der Waals surface area contributed by atoms with Crippen LogP contribution in [0.2, 0.25) is 0 Å². The molecule has 3 atom stereocenters. The molecule has 0 saturated heterocycles. The van der Waals surface area contributed by atoms with Crippen LogP contribution in [0.15, 0.2) is 0 Å². The van der Waals surface area contributed by atoms with Gasteiger partial charge in [0, 0.05) is 0 Å². The molecular weight excluding hydrogens is 255 g/mol. The van der Waals surface area contributed by atoms with Gasteiger partial charge in [0.2, 0.25) is 0 Å². The molecule has 4 heteroatoms. The molecule has 0 radical (unpaired) electrons. The number of hydrogen-bond acceptors (Lipinski definition) is 3. The van der Waals surface area contributed by atoms with E-state index in [0.29, 0.717) is 17.8 Å². The molecule has 0 aromatic carbocycles. The van der Waals surface area contributed by atoms with Crippen LogP contribution in [-0.2, 0) is 0 Å². The van der Waals surface area contributed by atoms with E-state index >= 15 is 0 Å². The van der Waals surface area contributed by atoms with Crippen molar-refractivity contribution in [1.82, 2.24) is 0 Å². The molecule has 0 N–H and O–H groups in total. The van der Waals surface area contributed by atoms with Crippen molar-refractivity contribution < 1.29 is 15.3 Å². The Bertz CT molecular complexity index is 109. The fourth-order valence-electron chi connectivity index (χ4n) is 0. The third-order valence-electron chi connectivity index (χ3n) is 2.82. The van der Waals surface area contributed by atoms with E-state index in [4.69, 9.17) is 0 Å². The van der Waals surface area contributed by atoms with Crippen LogP contribution >= 0.6 is 0 Å². The van der Waals surface area contributed by atoms with Crippen LogP contribution in [0, 0.1) is 17.8 Å². The topological polar surface area (TPSA) is 69.2 Å². The molecule has 0 aromatic heterocycles. The zero-order chi connectivity index (χ0) is 15.5. The molecular formula is C15H33AlO3. The van der Waals surface area contributed by atoms with Crippen LogP contribution in [-0.4, -0.2) is 35.7 Å². The fourth-order valence-corrected chi connectivity index (χ4v) is 0. The van der Waals surface area contributed by atoms with Gasteiger partial charge in [-0.3, -0.25) is 0 Å². The summed E-state index contributed by atoms with van der Waals surface area (Å²) >= 11 is 0. The summed E-state index contributed by atoms with van der Waals surface area (Å²) in [6, 6.07) is 0. The van der Waals surface area contributed by atoms with E-state index in [9.17, 15) is 15.3 Å². The average molecular weight is 288 g/mol. The monoisotopic (exact) mass is 288 g/mol. The van der Waals surface area contributed by atoms with Gasteiger partial charge in [-0.1, -0.05) is 80.1 Å². The third-order valence-corrected chi connectivity index (χ3v) is 2.82. The van der Waals surface area contributed by atoms with Gasteiger partial charge in [-0.2, -0.15) is 0 Å². The van der Waals surface area contributed by atoms with E-state index in [-0.39, 0.29) is 17.4 Å².